The first-order valence-electron chi connectivity index (χ1n) is 8.24. The summed E-state index contributed by atoms with van der Waals surface area (Å²) in [5, 5.41) is 18.3. The quantitative estimate of drug-likeness (QED) is 0.884. The summed E-state index contributed by atoms with van der Waals surface area (Å²) in [5.41, 5.74) is 1.71. The standard InChI is InChI=1S/C16H20N6O.ClH/c23-16(14-6-1-2-9-17-14)18-12-5-3-4-11(10-12)15-19-20-21-22(15)13-7-8-13;/h3-5,10,13-14,17H,1-2,6-9H2,(H,18,23);1H/t14-;/m0./s1. The number of aromatic nitrogens is 4. The molecule has 1 aliphatic carbocycles. The third-order valence-electron chi connectivity index (χ3n) is 4.40. The smallest absolute Gasteiger partial charge is 0.241 e. The van der Waals surface area contributed by atoms with Gasteiger partial charge in [-0.05, 0) is 54.8 Å². The van der Waals surface area contributed by atoms with Gasteiger partial charge in [-0.15, -0.1) is 17.5 Å². The van der Waals surface area contributed by atoms with Crippen LogP contribution in [0.15, 0.2) is 24.3 Å². The van der Waals surface area contributed by atoms with Gasteiger partial charge in [0.15, 0.2) is 5.82 Å². The third kappa shape index (κ3) is 3.57. The molecule has 1 aromatic carbocycles. The number of amides is 1. The maximum atomic E-state index is 12.3. The first kappa shape index (κ1) is 16.9. The van der Waals surface area contributed by atoms with Crippen LogP contribution in [0.3, 0.4) is 0 Å². The predicted molar refractivity (Wildman–Crippen MR) is 93.0 cm³/mol. The number of carbonyl (C=O) groups excluding carboxylic acids is 1. The van der Waals surface area contributed by atoms with Crippen molar-refractivity contribution < 1.29 is 4.79 Å². The molecule has 2 aromatic rings. The zero-order valence-corrected chi connectivity index (χ0v) is 14.1. The Bertz CT molecular complexity index is 708. The highest BCUT2D eigenvalue weighted by Crippen LogP contribution is 2.36. The Morgan fingerprint density at radius 1 is 1.25 bits per heavy atom. The molecule has 1 amide bonds. The Hall–Kier alpha value is -1.99. The Kier molecular flexibility index (Phi) is 5.11. The summed E-state index contributed by atoms with van der Waals surface area (Å²) >= 11 is 0. The van der Waals surface area contributed by atoms with Crippen molar-refractivity contribution in [1.29, 1.82) is 0 Å². The molecule has 0 bridgehead atoms. The Morgan fingerprint density at radius 3 is 2.88 bits per heavy atom. The van der Waals surface area contributed by atoms with Gasteiger partial charge in [-0.2, -0.15) is 0 Å². The number of nitrogens with one attached hydrogen (secondary N) is 2. The largest absolute Gasteiger partial charge is 0.325 e. The van der Waals surface area contributed by atoms with Gasteiger partial charge in [0.25, 0.3) is 0 Å². The van der Waals surface area contributed by atoms with Crippen molar-refractivity contribution in [3.63, 3.8) is 0 Å². The normalized spacial score (nSPS) is 20.2. The van der Waals surface area contributed by atoms with Crippen LogP contribution in [0.25, 0.3) is 11.4 Å². The van der Waals surface area contributed by atoms with E-state index >= 15 is 0 Å². The Balaban J connectivity index is 0.00000169. The van der Waals surface area contributed by atoms with Gasteiger partial charge in [0.2, 0.25) is 5.91 Å². The van der Waals surface area contributed by atoms with Crippen molar-refractivity contribution in [3.05, 3.63) is 24.3 Å². The highest BCUT2D eigenvalue weighted by atomic mass is 35.5. The van der Waals surface area contributed by atoms with Crippen LogP contribution in [0.5, 0.6) is 0 Å². The summed E-state index contributed by atoms with van der Waals surface area (Å²) in [6.07, 6.45) is 5.39. The highest BCUT2D eigenvalue weighted by Gasteiger charge is 2.28. The number of piperidine rings is 1. The van der Waals surface area contributed by atoms with E-state index in [4.69, 9.17) is 0 Å². The molecule has 0 radical (unpaired) electrons. The zero-order chi connectivity index (χ0) is 15.6. The first-order chi connectivity index (χ1) is 11.3. The molecule has 128 valence electrons. The molecule has 2 aliphatic rings. The molecule has 2 N–H and O–H groups in total. The zero-order valence-electron chi connectivity index (χ0n) is 13.3. The summed E-state index contributed by atoms with van der Waals surface area (Å²) in [6.45, 7) is 0.911. The lowest BCUT2D eigenvalue weighted by Crippen LogP contribution is -2.43. The number of nitrogens with zero attached hydrogens (tertiary/aromatic N) is 4. The average molecular weight is 349 g/mol. The molecule has 2 fully saturated rings. The molecule has 0 spiro atoms. The summed E-state index contributed by atoms with van der Waals surface area (Å²) in [7, 11) is 0. The lowest BCUT2D eigenvalue weighted by molar-refractivity contribution is -0.118. The molecule has 1 aliphatic heterocycles. The summed E-state index contributed by atoms with van der Waals surface area (Å²) in [6, 6.07) is 8.05. The van der Waals surface area contributed by atoms with Crippen LogP contribution < -0.4 is 10.6 Å². The van der Waals surface area contributed by atoms with Gasteiger partial charge >= 0.3 is 0 Å². The van der Waals surface area contributed by atoms with E-state index in [9.17, 15) is 4.79 Å². The van der Waals surface area contributed by atoms with E-state index < -0.39 is 0 Å². The SMILES string of the molecule is Cl.O=C(Nc1cccc(-c2nnnn2C2CC2)c1)[C@@H]1CCCCN1. The van der Waals surface area contributed by atoms with Crippen molar-refractivity contribution in [3.8, 4) is 11.4 Å². The second kappa shape index (κ2) is 7.27. The van der Waals surface area contributed by atoms with Crippen molar-refractivity contribution >= 4 is 24.0 Å². The highest BCUT2D eigenvalue weighted by molar-refractivity contribution is 5.95. The van der Waals surface area contributed by atoms with E-state index in [1.807, 2.05) is 28.9 Å². The maximum absolute atomic E-state index is 12.3. The minimum Gasteiger partial charge on any atom is -0.325 e. The maximum Gasteiger partial charge on any atom is 0.241 e. The molecule has 1 atom stereocenters. The molecule has 2 heterocycles. The van der Waals surface area contributed by atoms with Crippen LogP contribution >= 0.6 is 12.4 Å². The number of tetrazole rings is 1. The van der Waals surface area contributed by atoms with Gasteiger partial charge in [-0.3, -0.25) is 4.79 Å². The summed E-state index contributed by atoms with van der Waals surface area (Å²) in [4.78, 5) is 12.3. The van der Waals surface area contributed by atoms with E-state index in [-0.39, 0.29) is 24.4 Å². The van der Waals surface area contributed by atoms with Gasteiger partial charge < -0.3 is 10.6 Å². The summed E-state index contributed by atoms with van der Waals surface area (Å²) in [5.74, 6) is 0.794. The number of halogens is 1. The molecular formula is C16H21ClN6O. The van der Waals surface area contributed by atoms with E-state index in [0.29, 0.717) is 6.04 Å². The van der Waals surface area contributed by atoms with Crippen molar-refractivity contribution in [1.82, 2.24) is 25.5 Å². The summed E-state index contributed by atoms with van der Waals surface area (Å²) < 4.78 is 1.88. The second-order valence-corrected chi connectivity index (χ2v) is 6.25. The van der Waals surface area contributed by atoms with Gasteiger partial charge in [0, 0.05) is 11.3 Å². The van der Waals surface area contributed by atoms with Crippen LogP contribution in [-0.2, 0) is 4.79 Å². The number of anilines is 1. The van der Waals surface area contributed by atoms with E-state index in [1.54, 1.807) is 0 Å². The molecular weight excluding hydrogens is 328 g/mol. The number of hydrogen-bond acceptors (Lipinski definition) is 5. The first-order valence-corrected chi connectivity index (χ1v) is 8.24. The van der Waals surface area contributed by atoms with Crippen LogP contribution in [-0.4, -0.2) is 38.7 Å². The van der Waals surface area contributed by atoms with Crippen molar-refractivity contribution in [2.75, 3.05) is 11.9 Å². The number of benzene rings is 1. The van der Waals surface area contributed by atoms with Crippen molar-refractivity contribution in [2.45, 2.75) is 44.2 Å². The number of carbonyl (C=O) groups is 1. The van der Waals surface area contributed by atoms with Gasteiger partial charge in [0.1, 0.15) is 0 Å². The fraction of sp³-hybridized carbons (Fsp3) is 0.500. The van der Waals surface area contributed by atoms with Gasteiger partial charge in [-0.1, -0.05) is 18.6 Å². The molecule has 8 heteroatoms. The van der Waals surface area contributed by atoms with Crippen LogP contribution in [0.2, 0.25) is 0 Å². The molecule has 0 unspecified atom stereocenters. The lowest BCUT2D eigenvalue weighted by Gasteiger charge is -2.22. The number of rotatable bonds is 4. The van der Waals surface area contributed by atoms with E-state index in [0.717, 1.165) is 55.7 Å². The van der Waals surface area contributed by atoms with Crippen molar-refractivity contribution in [2.24, 2.45) is 0 Å². The fourth-order valence-corrected chi connectivity index (χ4v) is 2.99. The van der Waals surface area contributed by atoms with Gasteiger partial charge in [-0.25, -0.2) is 4.68 Å². The van der Waals surface area contributed by atoms with Crippen LogP contribution in [0, 0.1) is 0 Å². The number of hydrogen-bond donors (Lipinski definition) is 2. The minimum atomic E-state index is -0.0933. The Morgan fingerprint density at radius 2 is 2.12 bits per heavy atom. The topological polar surface area (TPSA) is 84.7 Å². The lowest BCUT2D eigenvalue weighted by atomic mass is 10.0. The average Bonchev–Trinajstić information content (AvgIpc) is 3.32. The molecule has 1 saturated heterocycles. The fourth-order valence-electron chi connectivity index (χ4n) is 2.99. The van der Waals surface area contributed by atoms with E-state index in [1.165, 1.54) is 0 Å². The molecule has 1 saturated carbocycles. The third-order valence-corrected chi connectivity index (χ3v) is 4.40. The van der Waals surface area contributed by atoms with E-state index in [2.05, 4.69) is 26.2 Å². The van der Waals surface area contributed by atoms with Crippen LogP contribution in [0.1, 0.15) is 38.1 Å². The molecule has 4 rings (SSSR count). The molecule has 7 nitrogen and oxygen atoms in total. The molecule has 24 heavy (non-hydrogen) atoms. The Labute approximate surface area is 146 Å². The van der Waals surface area contributed by atoms with Crippen LogP contribution in [0.4, 0.5) is 5.69 Å². The monoisotopic (exact) mass is 348 g/mol. The van der Waals surface area contributed by atoms with Gasteiger partial charge in [0.05, 0.1) is 12.1 Å². The second-order valence-electron chi connectivity index (χ2n) is 6.25. The minimum absolute atomic E-state index is 0. The predicted octanol–water partition coefficient (Wildman–Crippen LogP) is 2.18. The molecule has 1 aromatic heterocycles.